The number of fused-ring (bicyclic) bond motifs is 5. The van der Waals surface area contributed by atoms with Gasteiger partial charge in [0.15, 0.2) is 5.60 Å². The lowest BCUT2D eigenvalue weighted by atomic mass is 9.45. The molecule has 5 rings (SSSR count). The van der Waals surface area contributed by atoms with Gasteiger partial charge in [-0.1, -0.05) is 37.6 Å². The van der Waals surface area contributed by atoms with Crippen LogP contribution in [-0.2, 0) is 28.5 Å². The average Bonchev–Trinajstić information content (AvgIpc) is 2.89. The number of thiol groups is 1. The maximum absolute atomic E-state index is 14.5. The van der Waals surface area contributed by atoms with Gasteiger partial charge >= 0.3 is 11.9 Å². The molecule has 4 aliphatic rings. The Hall–Kier alpha value is -2.24. The second-order valence-electron chi connectivity index (χ2n) is 12.4. The van der Waals surface area contributed by atoms with E-state index in [9.17, 15) is 24.6 Å². The van der Waals surface area contributed by atoms with E-state index in [2.05, 4.69) is 12.6 Å². The second kappa shape index (κ2) is 9.94. The molecule has 8 atom stereocenters. The average molecular weight is 575 g/mol. The van der Waals surface area contributed by atoms with Crippen molar-refractivity contribution in [2.75, 3.05) is 12.5 Å². The van der Waals surface area contributed by atoms with Crippen LogP contribution >= 0.6 is 12.6 Å². The number of hydrogen-bond acceptors (Lipinski definition) is 10. The van der Waals surface area contributed by atoms with Crippen LogP contribution in [0.3, 0.4) is 0 Å². The number of carbonyl (C=O) groups excluding carboxylic acids is 3. The molecule has 2 saturated carbocycles. The summed E-state index contributed by atoms with van der Waals surface area (Å²) in [6.07, 6.45) is -3.82. The van der Waals surface area contributed by atoms with Gasteiger partial charge in [-0.2, -0.15) is 12.6 Å². The third kappa shape index (κ3) is 4.01. The lowest BCUT2D eigenvalue weighted by Gasteiger charge is -2.67. The third-order valence-corrected chi connectivity index (χ3v) is 10.4. The Labute approximate surface area is 239 Å². The molecule has 1 aromatic carbocycles. The summed E-state index contributed by atoms with van der Waals surface area (Å²) < 4.78 is 24.3. The Bertz CT molecular complexity index is 1240. The van der Waals surface area contributed by atoms with E-state index in [-0.39, 0.29) is 43.2 Å². The van der Waals surface area contributed by atoms with E-state index in [4.69, 9.17) is 18.9 Å². The van der Waals surface area contributed by atoms with Crippen molar-refractivity contribution in [1.29, 1.82) is 0 Å². The predicted octanol–water partition coefficient (Wildman–Crippen LogP) is 3.02. The van der Waals surface area contributed by atoms with Crippen LogP contribution in [0.15, 0.2) is 41.5 Å². The number of hydrogen-bond donors (Lipinski definition) is 3. The first-order valence-corrected chi connectivity index (χ1v) is 14.3. The number of aliphatic hydroxyl groups is 2. The van der Waals surface area contributed by atoms with Crippen LogP contribution in [0, 0.1) is 16.7 Å². The predicted molar refractivity (Wildman–Crippen MR) is 147 cm³/mol. The maximum Gasteiger partial charge on any atom is 0.338 e. The Kier molecular flexibility index (Phi) is 7.27. The highest BCUT2D eigenvalue weighted by atomic mass is 32.1. The van der Waals surface area contributed by atoms with E-state index in [1.807, 2.05) is 0 Å². The zero-order valence-electron chi connectivity index (χ0n) is 23.5. The van der Waals surface area contributed by atoms with Gasteiger partial charge in [-0.05, 0) is 31.6 Å². The van der Waals surface area contributed by atoms with Gasteiger partial charge in [0.2, 0.25) is 0 Å². The minimum Gasteiger partial charge on any atom is -0.455 e. The molecule has 2 bridgehead atoms. The molecule has 218 valence electrons. The summed E-state index contributed by atoms with van der Waals surface area (Å²) in [5.74, 6) is -2.56. The van der Waals surface area contributed by atoms with Crippen LogP contribution < -0.4 is 0 Å². The van der Waals surface area contributed by atoms with Crippen molar-refractivity contribution in [2.24, 2.45) is 16.7 Å². The number of esters is 2. The molecule has 3 fully saturated rings. The van der Waals surface area contributed by atoms with Gasteiger partial charge in [-0.3, -0.25) is 9.59 Å². The molecule has 0 aromatic heterocycles. The summed E-state index contributed by atoms with van der Waals surface area (Å²) >= 11 is 4.27. The molecule has 2 unspecified atom stereocenters. The Morgan fingerprint density at radius 3 is 2.42 bits per heavy atom. The van der Waals surface area contributed by atoms with Crippen LogP contribution in [-0.4, -0.2) is 76.1 Å². The van der Waals surface area contributed by atoms with Crippen molar-refractivity contribution in [3.63, 3.8) is 0 Å². The van der Waals surface area contributed by atoms with E-state index in [1.54, 1.807) is 58.0 Å². The number of ether oxygens (including phenoxy) is 4. The standard InChI is InChI=1S/C30H38O9S/c1-16-19-11-21(33)28(5)22(37-15-40)12-23-29(14-36-23,39-17(2)31)24(28)25(30(35,13-20(16)32)27(19,3)4)38-26(34)18-9-7-6-8-10-18/h6-10,20,22-25,32,35,40H,11-15H2,1-5H3/t20-,22-,23+,24?,25?,28+,29-,30+/m0/s1. The number of carbonyl (C=O) groups is 3. The summed E-state index contributed by atoms with van der Waals surface area (Å²) in [4.78, 5) is 40.8. The Balaban J connectivity index is 1.80. The van der Waals surface area contributed by atoms with Crippen molar-refractivity contribution in [2.45, 2.75) is 89.5 Å². The zero-order valence-corrected chi connectivity index (χ0v) is 24.4. The van der Waals surface area contributed by atoms with Crippen LogP contribution in [0.2, 0.25) is 0 Å². The van der Waals surface area contributed by atoms with E-state index in [1.165, 1.54) is 6.92 Å². The van der Waals surface area contributed by atoms with E-state index in [0.29, 0.717) is 11.1 Å². The topological polar surface area (TPSA) is 129 Å². The van der Waals surface area contributed by atoms with E-state index < -0.39 is 64.3 Å². The van der Waals surface area contributed by atoms with Crippen LogP contribution in [0.5, 0.6) is 0 Å². The zero-order chi connectivity index (χ0) is 29.3. The van der Waals surface area contributed by atoms with Gasteiger partial charge in [0.1, 0.15) is 23.6 Å². The Morgan fingerprint density at radius 1 is 1.18 bits per heavy atom. The fourth-order valence-corrected chi connectivity index (χ4v) is 7.97. The number of ketones is 1. The van der Waals surface area contributed by atoms with Gasteiger partial charge < -0.3 is 29.2 Å². The lowest BCUT2D eigenvalue weighted by Crippen LogP contribution is -2.81. The molecule has 2 N–H and O–H groups in total. The molecule has 1 aliphatic heterocycles. The van der Waals surface area contributed by atoms with Crippen LogP contribution in [0.25, 0.3) is 0 Å². The Morgan fingerprint density at radius 2 is 1.85 bits per heavy atom. The first-order valence-electron chi connectivity index (χ1n) is 13.7. The van der Waals surface area contributed by atoms with Gasteiger partial charge in [-0.25, -0.2) is 4.79 Å². The normalized spacial score (nSPS) is 40.1. The van der Waals surface area contributed by atoms with E-state index in [0.717, 1.165) is 0 Å². The first-order chi connectivity index (χ1) is 18.7. The highest BCUT2D eigenvalue weighted by Gasteiger charge is 2.77. The highest BCUT2D eigenvalue weighted by molar-refractivity contribution is 7.80. The van der Waals surface area contributed by atoms with Gasteiger partial charge in [0.25, 0.3) is 0 Å². The molecule has 1 aromatic rings. The number of benzene rings is 1. The molecule has 1 heterocycles. The van der Waals surface area contributed by atoms with Crippen molar-refractivity contribution in [1.82, 2.24) is 0 Å². The van der Waals surface area contributed by atoms with Crippen molar-refractivity contribution >= 4 is 30.4 Å². The summed E-state index contributed by atoms with van der Waals surface area (Å²) in [6, 6.07) is 8.36. The molecule has 1 saturated heterocycles. The van der Waals surface area contributed by atoms with Gasteiger partial charge in [-0.15, -0.1) is 0 Å². The number of rotatable bonds is 5. The smallest absolute Gasteiger partial charge is 0.338 e. The number of aliphatic hydroxyl groups excluding tert-OH is 1. The highest BCUT2D eigenvalue weighted by Crippen LogP contribution is 2.64. The van der Waals surface area contributed by atoms with Crippen molar-refractivity contribution in [3.05, 3.63) is 47.0 Å². The largest absolute Gasteiger partial charge is 0.455 e. The monoisotopic (exact) mass is 574 g/mol. The SMILES string of the molecule is CC(=O)O[C@@]12CO[C@@H]1C[C@H](OCS)[C@@]1(C)C(=O)CC3=C(C)[C@@H](O)C[C@@](O)(C(OC(=O)c4ccccc4)C12)C3(C)C. The minimum absolute atomic E-state index is 0.0121. The summed E-state index contributed by atoms with van der Waals surface area (Å²) in [7, 11) is 0. The fraction of sp³-hybridized carbons (Fsp3) is 0.633. The van der Waals surface area contributed by atoms with Gasteiger partial charge in [0.05, 0.1) is 41.7 Å². The quantitative estimate of drug-likeness (QED) is 0.210. The van der Waals surface area contributed by atoms with Gasteiger partial charge in [0, 0.05) is 31.6 Å². The van der Waals surface area contributed by atoms with Crippen LogP contribution in [0.4, 0.5) is 0 Å². The molecular formula is C30H38O9S. The summed E-state index contributed by atoms with van der Waals surface area (Å²) in [5.41, 5.74) is -4.24. The molecule has 40 heavy (non-hydrogen) atoms. The van der Waals surface area contributed by atoms with Crippen LogP contribution in [0.1, 0.15) is 64.2 Å². The number of Topliss-reactive ketones (excluding diaryl/α,β-unsaturated/α-hetero) is 1. The lowest BCUT2D eigenvalue weighted by molar-refractivity contribution is -0.346. The van der Waals surface area contributed by atoms with Crippen molar-refractivity contribution < 1.29 is 43.5 Å². The minimum atomic E-state index is -1.85. The molecule has 10 heteroatoms. The molecule has 0 spiro atoms. The molecule has 0 amide bonds. The third-order valence-electron chi connectivity index (χ3n) is 10.2. The molecular weight excluding hydrogens is 536 g/mol. The molecule has 0 radical (unpaired) electrons. The summed E-state index contributed by atoms with van der Waals surface area (Å²) in [6.45, 7) is 8.34. The van der Waals surface area contributed by atoms with E-state index >= 15 is 0 Å². The fourth-order valence-electron chi connectivity index (χ4n) is 7.79. The second-order valence-corrected chi connectivity index (χ2v) is 12.6. The summed E-state index contributed by atoms with van der Waals surface area (Å²) in [5, 5.41) is 24.0. The molecule has 3 aliphatic carbocycles. The molecule has 9 nitrogen and oxygen atoms in total. The first kappa shape index (κ1) is 29.3. The van der Waals surface area contributed by atoms with Crippen molar-refractivity contribution in [3.8, 4) is 0 Å². The maximum atomic E-state index is 14.5.